The Morgan fingerprint density at radius 2 is 2.18 bits per heavy atom. The smallest absolute Gasteiger partial charge is 0.129 e. The number of hydrogen-bond acceptors (Lipinski definition) is 4. The van der Waals surface area contributed by atoms with Crippen LogP contribution in [0.15, 0.2) is 41.0 Å². The lowest BCUT2D eigenvalue weighted by Gasteiger charge is -2.17. The number of anilines is 1. The van der Waals surface area contributed by atoms with Crippen LogP contribution in [-0.2, 0) is 13.1 Å². The summed E-state index contributed by atoms with van der Waals surface area (Å²) in [6.45, 7) is 1.51. The van der Waals surface area contributed by atoms with Crippen LogP contribution in [0.3, 0.4) is 0 Å². The number of aromatic nitrogens is 1. The summed E-state index contributed by atoms with van der Waals surface area (Å²) < 4.78 is 5.32. The molecule has 0 unspecified atom stereocenters. The minimum atomic E-state index is 0.725. The van der Waals surface area contributed by atoms with Gasteiger partial charge in [0.1, 0.15) is 11.6 Å². The van der Waals surface area contributed by atoms with Gasteiger partial charge in [-0.15, -0.1) is 0 Å². The second-order valence-corrected chi connectivity index (χ2v) is 3.95. The van der Waals surface area contributed by atoms with Crippen molar-refractivity contribution in [2.45, 2.75) is 13.1 Å². The van der Waals surface area contributed by atoms with Crippen LogP contribution in [0, 0.1) is 0 Å². The Bertz CT molecular complexity index is 453. The second-order valence-electron chi connectivity index (χ2n) is 3.95. The zero-order valence-electron chi connectivity index (χ0n) is 10.2. The molecule has 0 amide bonds. The first-order valence-corrected chi connectivity index (χ1v) is 5.63. The van der Waals surface area contributed by atoms with Crippen molar-refractivity contribution in [3.8, 4) is 0 Å². The van der Waals surface area contributed by atoms with Gasteiger partial charge in [0.05, 0.1) is 18.5 Å². The first kappa shape index (κ1) is 11.7. The highest BCUT2D eigenvalue weighted by Crippen LogP contribution is 2.13. The van der Waals surface area contributed by atoms with E-state index in [-0.39, 0.29) is 0 Å². The Kier molecular flexibility index (Phi) is 3.77. The molecule has 2 rings (SSSR count). The second kappa shape index (κ2) is 5.50. The minimum absolute atomic E-state index is 0.725. The number of rotatable bonds is 5. The Hall–Kier alpha value is -1.81. The van der Waals surface area contributed by atoms with Gasteiger partial charge < -0.3 is 14.6 Å². The molecule has 0 bridgehead atoms. The van der Waals surface area contributed by atoms with Gasteiger partial charge in [-0.25, -0.2) is 4.98 Å². The predicted octanol–water partition coefficient (Wildman–Crippen LogP) is 2.03. The van der Waals surface area contributed by atoms with E-state index in [0.29, 0.717) is 0 Å². The van der Waals surface area contributed by atoms with Gasteiger partial charge in [-0.2, -0.15) is 0 Å². The van der Waals surface area contributed by atoms with Crippen molar-refractivity contribution in [1.29, 1.82) is 0 Å². The molecule has 0 aliphatic carbocycles. The highest BCUT2D eigenvalue weighted by atomic mass is 16.3. The maximum absolute atomic E-state index is 5.32. The van der Waals surface area contributed by atoms with Crippen LogP contribution in [-0.4, -0.2) is 19.1 Å². The molecule has 2 aromatic heterocycles. The van der Waals surface area contributed by atoms with E-state index < -0.39 is 0 Å². The first-order valence-electron chi connectivity index (χ1n) is 5.63. The maximum atomic E-state index is 5.32. The van der Waals surface area contributed by atoms with E-state index in [1.807, 2.05) is 44.4 Å². The quantitative estimate of drug-likeness (QED) is 0.855. The fourth-order valence-electron chi connectivity index (χ4n) is 1.68. The topological polar surface area (TPSA) is 41.3 Å². The predicted molar refractivity (Wildman–Crippen MR) is 67.8 cm³/mol. The maximum Gasteiger partial charge on any atom is 0.129 e. The average Bonchev–Trinajstić information content (AvgIpc) is 2.83. The molecule has 0 radical (unpaired) electrons. The fraction of sp³-hybridized carbons (Fsp3) is 0.308. The molecular weight excluding hydrogens is 214 g/mol. The lowest BCUT2D eigenvalue weighted by atomic mass is 10.3. The summed E-state index contributed by atoms with van der Waals surface area (Å²) in [7, 11) is 3.93. The van der Waals surface area contributed by atoms with Crippen LogP contribution >= 0.6 is 0 Å². The van der Waals surface area contributed by atoms with E-state index in [0.717, 1.165) is 30.4 Å². The average molecular weight is 231 g/mol. The van der Waals surface area contributed by atoms with Crippen LogP contribution < -0.4 is 10.2 Å². The lowest BCUT2D eigenvalue weighted by Crippen LogP contribution is -2.18. The van der Waals surface area contributed by atoms with E-state index >= 15 is 0 Å². The molecule has 90 valence electrons. The molecular formula is C13H17N3O. The summed E-state index contributed by atoms with van der Waals surface area (Å²) in [5, 5.41) is 3.10. The Morgan fingerprint density at radius 1 is 1.29 bits per heavy atom. The van der Waals surface area contributed by atoms with Gasteiger partial charge in [-0.3, -0.25) is 0 Å². The number of hydrogen-bond donors (Lipinski definition) is 1. The third-order valence-corrected chi connectivity index (χ3v) is 2.51. The Labute approximate surface area is 101 Å². The van der Waals surface area contributed by atoms with Gasteiger partial charge in [0, 0.05) is 13.6 Å². The molecule has 0 aliphatic heterocycles. The molecule has 17 heavy (non-hydrogen) atoms. The van der Waals surface area contributed by atoms with Gasteiger partial charge in [0.25, 0.3) is 0 Å². The van der Waals surface area contributed by atoms with E-state index in [2.05, 4.69) is 15.2 Å². The molecule has 0 fully saturated rings. The molecule has 0 saturated heterocycles. The highest BCUT2D eigenvalue weighted by Gasteiger charge is 2.05. The van der Waals surface area contributed by atoms with Crippen molar-refractivity contribution in [2.75, 3.05) is 19.0 Å². The molecule has 4 heteroatoms. The molecule has 0 saturated carbocycles. The molecule has 2 heterocycles. The zero-order chi connectivity index (χ0) is 12.1. The van der Waals surface area contributed by atoms with Crippen LogP contribution in [0.2, 0.25) is 0 Å². The summed E-state index contributed by atoms with van der Waals surface area (Å²) in [6, 6.07) is 9.90. The molecule has 2 aromatic rings. The van der Waals surface area contributed by atoms with Crippen molar-refractivity contribution >= 4 is 5.82 Å². The molecule has 0 atom stereocenters. The van der Waals surface area contributed by atoms with Crippen molar-refractivity contribution in [1.82, 2.24) is 10.3 Å². The Balaban J connectivity index is 2.07. The van der Waals surface area contributed by atoms with Crippen molar-refractivity contribution in [3.05, 3.63) is 48.0 Å². The van der Waals surface area contributed by atoms with Crippen LogP contribution in [0.4, 0.5) is 5.82 Å². The van der Waals surface area contributed by atoms with Crippen molar-refractivity contribution in [2.24, 2.45) is 0 Å². The summed E-state index contributed by atoms with van der Waals surface area (Å²) in [4.78, 5) is 6.63. The standard InChI is InChI=1S/C13H17N3O/c1-14-9-11-5-3-7-13(15-11)16(2)10-12-6-4-8-17-12/h3-8,14H,9-10H2,1-2H3. The molecule has 0 aromatic carbocycles. The zero-order valence-corrected chi connectivity index (χ0v) is 10.2. The Morgan fingerprint density at radius 3 is 2.88 bits per heavy atom. The molecule has 1 N–H and O–H groups in total. The minimum Gasteiger partial charge on any atom is -0.467 e. The van der Waals surface area contributed by atoms with E-state index in [9.17, 15) is 0 Å². The molecule has 4 nitrogen and oxygen atoms in total. The van der Waals surface area contributed by atoms with Gasteiger partial charge in [-0.1, -0.05) is 6.07 Å². The summed E-state index contributed by atoms with van der Waals surface area (Å²) in [5.74, 6) is 1.89. The van der Waals surface area contributed by atoms with Crippen molar-refractivity contribution in [3.63, 3.8) is 0 Å². The fourth-order valence-corrected chi connectivity index (χ4v) is 1.68. The lowest BCUT2D eigenvalue weighted by molar-refractivity contribution is 0.507. The summed E-state index contributed by atoms with van der Waals surface area (Å²) in [6.07, 6.45) is 1.69. The van der Waals surface area contributed by atoms with Crippen molar-refractivity contribution < 1.29 is 4.42 Å². The summed E-state index contributed by atoms with van der Waals surface area (Å²) >= 11 is 0. The van der Waals surface area contributed by atoms with Gasteiger partial charge in [0.15, 0.2) is 0 Å². The third-order valence-electron chi connectivity index (χ3n) is 2.51. The molecule has 0 aliphatic rings. The highest BCUT2D eigenvalue weighted by molar-refractivity contribution is 5.38. The number of nitrogens with one attached hydrogen (secondary N) is 1. The van der Waals surface area contributed by atoms with Gasteiger partial charge >= 0.3 is 0 Å². The van der Waals surface area contributed by atoms with E-state index in [4.69, 9.17) is 4.42 Å². The summed E-state index contributed by atoms with van der Waals surface area (Å²) in [5.41, 5.74) is 1.04. The number of pyridine rings is 1. The third kappa shape index (κ3) is 3.07. The van der Waals surface area contributed by atoms with E-state index in [1.165, 1.54) is 0 Å². The normalized spacial score (nSPS) is 10.5. The first-order chi connectivity index (χ1) is 8.29. The van der Waals surface area contributed by atoms with Gasteiger partial charge in [-0.05, 0) is 31.3 Å². The largest absolute Gasteiger partial charge is 0.467 e. The monoisotopic (exact) mass is 231 g/mol. The number of furan rings is 1. The van der Waals surface area contributed by atoms with Crippen LogP contribution in [0.25, 0.3) is 0 Å². The van der Waals surface area contributed by atoms with Crippen LogP contribution in [0.1, 0.15) is 11.5 Å². The van der Waals surface area contributed by atoms with E-state index in [1.54, 1.807) is 6.26 Å². The van der Waals surface area contributed by atoms with Crippen LogP contribution in [0.5, 0.6) is 0 Å². The van der Waals surface area contributed by atoms with Gasteiger partial charge in [0.2, 0.25) is 0 Å². The molecule has 0 spiro atoms. The number of nitrogens with zero attached hydrogens (tertiary/aromatic N) is 2. The SMILES string of the molecule is CNCc1cccc(N(C)Cc2ccco2)n1.